The molecule has 0 unspecified atom stereocenters. The van der Waals surface area contributed by atoms with Crippen LogP contribution < -0.4 is 4.52 Å². The number of aromatic nitrogens is 2. The Hall–Kier alpha value is -1.87. The molecule has 0 aliphatic rings. The number of hydrogen-bond donors (Lipinski definition) is 0. The van der Waals surface area contributed by atoms with Crippen LogP contribution in [0, 0.1) is 0 Å². The first kappa shape index (κ1) is 9.36. The summed E-state index contributed by atoms with van der Waals surface area (Å²) >= 11 is 5.82. The maximum absolute atomic E-state index is 5.82. The molecular formula is C12H8ClN2O+. The van der Waals surface area contributed by atoms with Crippen LogP contribution in [0.1, 0.15) is 0 Å². The Morgan fingerprint density at radius 2 is 1.88 bits per heavy atom. The second-order valence-electron chi connectivity index (χ2n) is 3.40. The molecule has 0 spiro atoms. The molecule has 0 bridgehead atoms. The second-order valence-corrected chi connectivity index (χ2v) is 3.83. The summed E-state index contributed by atoms with van der Waals surface area (Å²) in [6.45, 7) is 0. The van der Waals surface area contributed by atoms with Crippen molar-refractivity contribution < 1.29 is 8.93 Å². The second kappa shape index (κ2) is 3.61. The fraction of sp³-hybridized carbons (Fsp3) is 0. The molecular weight excluding hydrogens is 224 g/mol. The number of nitrogens with zero attached hydrogens (tertiary/aromatic N) is 2. The zero-order chi connectivity index (χ0) is 11.0. The fourth-order valence-corrected chi connectivity index (χ4v) is 1.63. The monoisotopic (exact) mass is 231 g/mol. The summed E-state index contributed by atoms with van der Waals surface area (Å²) in [6.07, 6.45) is 1.85. The van der Waals surface area contributed by atoms with Crippen molar-refractivity contribution in [1.82, 2.24) is 5.10 Å². The number of benzene rings is 1. The molecule has 2 aromatic heterocycles. The molecule has 16 heavy (non-hydrogen) atoms. The van der Waals surface area contributed by atoms with Gasteiger partial charge in [0.15, 0.2) is 0 Å². The van der Waals surface area contributed by atoms with Gasteiger partial charge < -0.3 is 4.42 Å². The highest BCUT2D eigenvalue weighted by molar-refractivity contribution is 6.30. The van der Waals surface area contributed by atoms with E-state index < -0.39 is 0 Å². The Balaban J connectivity index is 2.15. The highest BCUT2D eigenvalue weighted by atomic mass is 35.5. The maximum Gasteiger partial charge on any atom is 0.406 e. The van der Waals surface area contributed by atoms with Crippen LogP contribution in [-0.4, -0.2) is 5.10 Å². The summed E-state index contributed by atoms with van der Waals surface area (Å²) < 4.78 is 7.30. The number of hydrogen-bond acceptors (Lipinski definition) is 2. The Labute approximate surface area is 96.9 Å². The van der Waals surface area contributed by atoms with Crippen LogP contribution in [-0.2, 0) is 0 Å². The zero-order valence-electron chi connectivity index (χ0n) is 8.30. The molecule has 3 aromatic rings. The summed E-state index contributed by atoms with van der Waals surface area (Å²) in [5.41, 5.74) is 1.63. The smallest absolute Gasteiger partial charge is 0.377 e. The van der Waals surface area contributed by atoms with E-state index in [2.05, 4.69) is 5.10 Å². The minimum Gasteiger partial charge on any atom is -0.377 e. The predicted molar refractivity (Wildman–Crippen MR) is 60.1 cm³/mol. The van der Waals surface area contributed by atoms with Crippen LogP contribution in [0.25, 0.3) is 17.2 Å². The third kappa shape index (κ3) is 1.55. The van der Waals surface area contributed by atoms with Crippen LogP contribution in [0.15, 0.2) is 53.1 Å². The van der Waals surface area contributed by atoms with Crippen LogP contribution in [0.2, 0.25) is 5.02 Å². The van der Waals surface area contributed by atoms with Crippen molar-refractivity contribution in [3.8, 4) is 11.5 Å². The van der Waals surface area contributed by atoms with E-state index >= 15 is 0 Å². The van der Waals surface area contributed by atoms with Gasteiger partial charge in [-0.1, -0.05) is 11.6 Å². The third-order valence-electron chi connectivity index (χ3n) is 2.29. The van der Waals surface area contributed by atoms with Crippen molar-refractivity contribution in [2.45, 2.75) is 0 Å². The predicted octanol–water partition coefficient (Wildman–Crippen LogP) is 2.73. The van der Waals surface area contributed by atoms with Crippen LogP contribution in [0.3, 0.4) is 0 Å². The van der Waals surface area contributed by atoms with Crippen molar-refractivity contribution in [2.24, 2.45) is 0 Å². The van der Waals surface area contributed by atoms with E-state index in [9.17, 15) is 0 Å². The van der Waals surface area contributed by atoms with Gasteiger partial charge in [0.1, 0.15) is 0 Å². The first-order valence-corrected chi connectivity index (χ1v) is 5.24. The third-order valence-corrected chi connectivity index (χ3v) is 2.55. The lowest BCUT2D eigenvalue weighted by Gasteiger charge is -1.91. The van der Waals surface area contributed by atoms with Crippen LogP contribution in [0.4, 0.5) is 0 Å². The molecule has 1 aromatic carbocycles. The van der Waals surface area contributed by atoms with Gasteiger partial charge in [-0.2, -0.15) is 0 Å². The summed E-state index contributed by atoms with van der Waals surface area (Å²) in [5, 5.41) is 5.02. The number of halogens is 1. The largest absolute Gasteiger partial charge is 0.406 e. The van der Waals surface area contributed by atoms with Crippen molar-refractivity contribution >= 4 is 17.3 Å². The Kier molecular flexibility index (Phi) is 2.11. The van der Waals surface area contributed by atoms with Crippen LogP contribution >= 0.6 is 11.6 Å². The van der Waals surface area contributed by atoms with E-state index in [-0.39, 0.29) is 0 Å². The normalized spacial score (nSPS) is 10.8. The molecule has 3 rings (SSSR count). The molecule has 4 heteroatoms. The molecule has 78 valence electrons. The van der Waals surface area contributed by atoms with E-state index in [4.69, 9.17) is 16.0 Å². The van der Waals surface area contributed by atoms with Crippen molar-refractivity contribution in [2.75, 3.05) is 0 Å². The van der Waals surface area contributed by atoms with Crippen molar-refractivity contribution in [3.05, 3.63) is 53.7 Å². The quantitative estimate of drug-likeness (QED) is 0.603. The average molecular weight is 232 g/mol. The van der Waals surface area contributed by atoms with E-state index in [1.165, 1.54) is 0 Å². The lowest BCUT2D eigenvalue weighted by molar-refractivity contribution is -0.579. The van der Waals surface area contributed by atoms with Gasteiger partial charge in [-0.25, -0.2) is 0 Å². The minimum atomic E-state index is 0.586. The molecule has 0 saturated heterocycles. The Bertz CT molecular complexity index is 598. The standard InChI is InChI=1S/C12H8ClN2O/c13-10-6-4-9(5-7-10)12-14-15-8-2-1-3-11(15)16-12/h1-8H/q+1. The topological polar surface area (TPSA) is 30.1 Å². The molecule has 0 aliphatic heterocycles. The summed E-state index contributed by atoms with van der Waals surface area (Å²) in [4.78, 5) is 0. The maximum atomic E-state index is 5.82. The molecule has 0 atom stereocenters. The summed E-state index contributed by atoms with van der Waals surface area (Å²) in [5.74, 6) is 0.586. The van der Waals surface area contributed by atoms with Gasteiger partial charge in [0.2, 0.25) is 6.20 Å². The van der Waals surface area contributed by atoms with Gasteiger partial charge in [0, 0.05) is 21.8 Å². The number of rotatable bonds is 1. The molecule has 2 heterocycles. The van der Waals surface area contributed by atoms with Gasteiger partial charge in [0.25, 0.3) is 5.89 Å². The fourth-order valence-electron chi connectivity index (χ4n) is 1.51. The van der Waals surface area contributed by atoms with E-state index in [0.29, 0.717) is 16.6 Å². The molecule has 0 saturated carbocycles. The summed E-state index contributed by atoms with van der Waals surface area (Å²) in [7, 11) is 0. The first-order chi connectivity index (χ1) is 7.83. The van der Waals surface area contributed by atoms with Gasteiger partial charge in [0.05, 0.1) is 6.07 Å². The lowest BCUT2D eigenvalue weighted by atomic mass is 10.2. The number of fused-ring (bicyclic) bond motifs is 1. The molecule has 0 fully saturated rings. The highest BCUT2D eigenvalue weighted by Gasteiger charge is 2.14. The van der Waals surface area contributed by atoms with Crippen LogP contribution in [0.5, 0.6) is 0 Å². The molecule has 0 amide bonds. The van der Waals surface area contributed by atoms with Gasteiger partial charge in [-0.15, -0.1) is 0 Å². The molecule has 0 aliphatic carbocycles. The van der Waals surface area contributed by atoms with E-state index in [1.807, 2.05) is 48.7 Å². The van der Waals surface area contributed by atoms with E-state index in [0.717, 1.165) is 5.56 Å². The van der Waals surface area contributed by atoms with Gasteiger partial charge >= 0.3 is 5.71 Å². The zero-order valence-corrected chi connectivity index (χ0v) is 9.06. The average Bonchev–Trinajstić information content (AvgIpc) is 2.73. The first-order valence-electron chi connectivity index (χ1n) is 4.86. The van der Waals surface area contributed by atoms with Gasteiger partial charge in [-0.3, -0.25) is 0 Å². The highest BCUT2D eigenvalue weighted by Crippen LogP contribution is 2.19. The molecule has 0 radical (unpaired) electrons. The molecule has 3 nitrogen and oxygen atoms in total. The minimum absolute atomic E-state index is 0.586. The van der Waals surface area contributed by atoms with Crippen molar-refractivity contribution in [1.29, 1.82) is 0 Å². The van der Waals surface area contributed by atoms with Crippen molar-refractivity contribution in [3.63, 3.8) is 0 Å². The summed E-state index contributed by atoms with van der Waals surface area (Å²) in [6, 6.07) is 13.1. The van der Waals surface area contributed by atoms with E-state index in [1.54, 1.807) is 4.52 Å². The number of pyridine rings is 1. The molecule has 0 N–H and O–H groups in total. The Morgan fingerprint density at radius 1 is 1.06 bits per heavy atom. The SMILES string of the molecule is Clc1ccc(-c2n[n+]3ccccc3o2)cc1. The van der Waals surface area contributed by atoms with Gasteiger partial charge in [-0.05, 0) is 34.8 Å². The Morgan fingerprint density at radius 3 is 2.62 bits per heavy atom. The lowest BCUT2D eigenvalue weighted by Crippen LogP contribution is -2.21.